The quantitative estimate of drug-likeness (QED) is 0.843. The van der Waals surface area contributed by atoms with Crippen LogP contribution in [0.25, 0.3) is 11.1 Å². The fourth-order valence-electron chi connectivity index (χ4n) is 2.18. The predicted molar refractivity (Wildman–Crippen MR) is 69.6 cm³/mol. The van der Waals surface area contributed by atoms with Crippen molar-refractivity contribution >= 4 is 11.1 Å². The molecule has 2 N–H and O–H groups in total. The Morgan fingerprint density at radius 1 is 1.44 bits per heavy atom. The highest BCUT2D eigenvalue weighted by Crippen LogP contribution is 2.25. The van der Waals surface area contributed by atoms with Crippen LogP contribution in [0.3, 0.4) is 0 Å². The van der Waals surface area contributed by atoms with Crippen molar-refractivity contribution in [3.63, 3.8) is 0 Å². The highest BCUT2D eigenvalue weighted by Gasteiger charge is 2.14. The number of nitrogens with zero attached hydrogens (tertiary/aromatic N) is 1. The molecule has 0 saturated heterocycles. The Labute approximate surface area is 105 Å². The van der Waals surface area contributed by atoms with Crippen LogP contribution in [-0.2, 0) is 0 Å². The number of aromatic nitrogens is 1. The van der Waals surface area contributed by atoms with E-state index in [0.717, 1.165) is 18.4 Å². The van der Waals surface area contributed by atoms with E-state index in [1.165, 1.54) is 0 Å². The molecule has 0 radical (unpaired) electrons. The van der Waals surface area contributed by atoms with Crippen LogP contribution in [0.15, 0.2) is 27.4 Å². The maximum Gasteiger partial charge on any atom is 0.417 e. The largest absolute Gasteiger partial charge is 0.417 e. The number of oxazole rings is 1. The minimum atomic E-state index is -0.432. The number of hydrogen-bond donors (Lipinski definition) is 2. The van der Waals surface area contributed by atoms with E-state index in [1.807, 2.05) is 26.2 Å². The van der Waals surface area contributed by atoms with E-state index in [1.54, 1.807) is 6.07 Å². The second-order valence-electron chi connectivity index (χ2n) is 4.62. The van der Waals surface area contributed by atoms with Crippen LogP contribution in [-0.4, -0.2) is 35.7 Å². The topological polar surface area (TPSA) is 69.5 Å². The van der Waals surface area contributed by atoms with Gasteiger partial charge in [0.15, 0.2) is 5.58 Å². The van der Waals surface area contributed by atoms with Gasteiger partial charge in [0, 0.05) is 12.6 Å². The Hall–Kier alpha value is -1.59. The van der Waals surface area contributed by atoms with E-state index in [2.05, 4.69) is 9.88 Å². The molecule has 0 spiro atoms. The molecule has 1 heterocycles. The fourth-order valence-corrected chi connectivity index (χ4v) is 2.18. The Balaban J connectivity index is 2.34. The van der Waals surface area contributed by atoms with E-state index in [-0.39, 0.29) is 12.6 Å². The zero-order valence-electron chi connectivity index (χ0n) is 10.6. The molecule has 0 aliphatic heterocycles. The first-order valence-corrected chi connectivity index (χ1v) is 6.02. The number of hydrogen-bond acceptors (Lipinski definition) is 4. The standard InChI is InChI=1S/C13H18N2O3/c1-15(2)11(4-3-7-16)9-5-6-12-10(8-9)14-13(17)18-12/h5-6,8,11,16H,3-4,7H2,1-2H3,(H,14,17). The van der Waals surface area contributed by atoms with E-state index in [9.17, 15) is 4.79 Å². The molecule has 1 aromatic carbocycles. The van der Waals surface area contributed by atoms with Crippen molar-refractivity contribution in [2.75, 3.05) is 20.7 Å². The third-order valence-corrected chi connectivity index (χ3v) is 3.09. The normalized spacial score (nSPS) is 13.3. The summed E-state index contributed by atoms with van der Waals surface area (Å²) in [6.07, 6.45) is 1.62. The van der Waals surface area contributed by atoms with Crippen LogP contribution >= 0.6 is 0 Å². The zero-order chi connectivity index (χ0) is 13.1. The van der Waals surface area contributed by atoms with Gasteiger partial charge in [-0.25, -0.2) is 4.79 Å². The fraction of sp³-hybridized carbons (Fsp3) is 0.462. The van der Waals surface area contributed by atoms with Crippen molar-refractivity contribution in [2.45, 2.75) is 18.9 Å². The lowest BCUT2D eigenvalue weighted by molar-refractivity contribution is 0.235. The summed E-state index contributed by atoms with van der Waals surface area (Å²) in [6.45, 7) is 0.190. The van der Waals surface area contributed by atoms with Gasteiger partial charge in [0.1, 0.15) is 0 Å². The molecule has 5 nitrogen and oxygen atoms in total. The third-order valence-electron chi connectivity index (χ3n) is 3.09. The number of nitrogens with one attached hydrogen (secondary N) is 1. The molecule has 2 rings (SSSR count). The summed E-state index contributed by atoms with van der Waals surface area (Å²) in [4.78, 5) is 15.9. The van der Waals surface area contributed by atoms with E-state index in [0.29, 0.717) is 11.1 Å². The number of rotatable bonds is 5. The SMILES string of the molecule is CN(C)C(CCCO)c1ccc2oc(=O)[nH]c2c1. The number of aromatic amines is 1. The molecule has 1 aromatic heterocycles. The summed E-state index contributed by atoms with van der Waals surface area (Å²) in [5.41, 5.74) is 2.40. The molecule has 0 bridgehead atoms. The van der Waals surface area contributed by atoms with E-state index < -0.39 is 5.76 Å². The first-order chi connectivity index (χ1) is 8.61. The Bertz CT molecular complexity index is 571. The van der Waals surface area contributed by atoms with Gasteiger partial charge in [0.25, 0.3) is 0 Å². The Morgan fingerprint density at radius 2 is 2.22 bits per heavy atom. The molecule has 1 atom stereocenters. The summed E-state index contributed by atoms with van der Waals surface area (Å²) in [6, 6.07) is 5.92. The van der Waals surface area contributed by atoms with Crippen LogP contribution in [0.2, 0.25) is 0 Å². The van der Waals surface area contributed by atoms with Crippen molar-refractivity contribution in [3.8, 4) is 0 Å². The average Bonchev–Trinajstić information content (AvgIpc) is 2.68. The van der Waals surface area contributed by atoms with Crippen LogP contribution in [0, 0.1) is 0 Å². The third kappa shape index (κ3) is 2.63. The van der Waals surface area contributed by atoms with Crippen LogP contribution in [0.5, 0.6) is 0 Å². The minimum Gasteiger partial charge on any atom is -0.408 e. The summed E-state index contributed by atoms with van der Waals surface area (Å²) < 4.78 is 4.98. The molecule has 0 aliphatic rings. The number of H-pyrrole nitrogens is 1. The molecule has 0 aliphatic carbocycles. The van der Waals surface area contributed by atoms with Crippen molar-refractivity contribution in [3.05, 3.63) is 34.3 Å². The van der Waals surface area contributed by atoms with Crippen molar-refractivity contribution in [2.24, 2.45) is 0 Å². The van der Waals surface area contributed by atoms with Gasteiger partial charge in [-0.3, -0.25) is 4.98 Å². The first kappa shape index (κ1) is 12.9. The van der Waals surface area contributed by atoms with Gasteiger partial charge >= 0.3 is 5.76 Å². The smallest absolute Gasteiger partial charge is 0.408 e. The number of aliphatic hydroxyl groups excluding tert-OH is 1. The molecule has 98 valence electrons. The van der Waals surface area contributed by atoms with Gasteiger partial charge in [-0.1, -0.05) is 6.07 Å². The molecule has 0 amide bonds. The first-order valence-electron chi connectivity index (χ1n) is 6.02. The summed E-state index contributed by atoms with van der Waals surface area (Å²) in [5.74, 6) is -0.432. The Kier molecular flexibility index (Phi) is 3.84. The lowest BCUT2D eigenvalue weighted by Crippen LogP contribution is -2.20. The van der Waals surface area contributed by atoms with Gasteiger partial charge < -0.3 is 14.4 Å². The maximum absolute atomic E-state index is 11.1. The monoisotopic (exact) mass is 250 g/mol. The molecule has 18 heavy (non-hydrogen) atoms. The van der Waals surface area contributed by atoms with Crippen LogP contribution in [0.1, 0.15) is 24.4 Å². The summed E-state index contributed by atoms with van der Waals surface area (Å²) in [7, 11) is 4.01. The average molecular weight is 250 g/mol. The molecular weight excluding hydrogens is 232 g/mol. The lowest BCUT2D eigenvalue weighted by atomic mass is 10.0. The lowest BCUT2D eigenvalue weighted by Gasteiger charge is -2.24. The summed E-state index contributed by atoms with van der Waals surface area (Å²) >= 11 is 0. The second-order valence-corrected chi connectivity index (χ2v) is 4.62. The molecule has 0 fully saturated rings. The predicted octanol–water partition coefficient (Wildman–Crippen LogP) is 1.50. The summed E-state index contributed by atoms with van der Waals surface area (Å²) in [5, 5.41) is 8.94. The van der Waals surface area contributed by atoms with Crippen molar-refractivity contribution in [1.82, 2.24) is 9.88 Å². The Morgan fingerprint density at radius 3 is 2.89 bits per heavy atom. The van der Waals surface area contributed by atoms with E-state index >= 15 is 0 Å². The number of fused-ring (bicyclic) bond motifs is 1. The van der Waals surface area contributed by atoms with Crippen LogP contribution in [0.4, 0.5) is 0 Å². The molecular formula is C13H18N2O3. The van der Waals surface area contributed by atoms with Gasteiger partial charge in [0.05, 0.1) is 5.52 Å². The molecule has 2 aromatic rings. The highest BCUT2D eigenvalue weighted by atomic mass is 16.4. The van der Waals surface area contributed by atoms with Crippen molar-refractivity contribution in [1.29, 1.82) is 0 Å². The van der Waals surface area contributed by atoms with Gasteiger partial charge in [-0.15, -0.1) is 0 Å². The molecule has 5 heteroatoms. The molecule has 1 unspecified atom stereocenters. The minimum absolute atomic E-state index is 0.190. The van der Waals surface area contributed by atoms with E-state index in [4.69, 9.17) is 9.52 Å². The molecule has 0 saturated carbocycles. The van der Waals surface area contributed by atoms with Gasteiger partial charge in [-0.2, -0.15) is 0 Å². The van der Waals surface area contributed by atoms with Gasteiger partial charge in [-0.05, 0) is 44.6 Å². The van der Waals surface area contributed by atoms with Crippen molar-refractivity contribution < 1.29 is 9.52 Å². The number of benzene rings is 1. The second kappa shape index (κ2) is 5.37. The number of aliphatic hydroxyl groups is 1. The maximum atomic E-state index is 11.1. The van der Waals surface area contributed by atoms with Crippen LogP contribution < -0.4 is 5.76 Å². The zero-order valence-corrected chi connectivity index (χ0v) is 10.6. The highest BCUT2D eigenvalue weighted by molar-refractivity contribution is 5.72. The van der Waals surface area contributed by atoms with Gasteiger partial charge in [0.2, 0.25) is 0 Å².